The van der Waals surface area contributed by atoms with E-state index in [0.29, 0.717) is 17.3 Å². The van der Waals surface area contributed by atoms with Crippen LogP contribution >= 0.6 is 11.6 Å². The Bertz CT molecular complexity index is 777. The molecule has 0 bridgehead atoms. The lowest BCUT2D eigenvalue weighted by Gasteiger charge is -2.06. The molecule has 0 unspecified atom stereocenters. The van der Waals surface area contributed by atoms with Gasteiger partial charge in [0, 0.05) is 0 Å². The van der Waals surface area contributed by atoms with Crippen LogP contribution in [0.4, 0.5) is 5.69 Å². The van der Waals surface area contributed by atoms with Crippen molar-refractivity contribution in [3.8, 4) is 11.8 Å². The number of anilines is 1. The first-order chi connectivity index (χ1) is 11.6. The van der Waals surface area contributed by atoms with Crippen LogP contribution in [0.3, 0.4) is 0 Å². The molecule has 0 aromatic heterocycles. The van der Waals surface area contributed by atoms with Gasteiger partial charge in [0.1, 0.15) is 17.4 Å². The van der Waals surface area contributed by atoms with Crippen LogP contribution < -0.4 is 10.1 Å². The molecule has 0 spiro atoms. The summed E-state index contributed by atoms with van der Waals surface area (Å²) in [6.07, 6.45) is 2.46. The fourth-order valence-electron chi connectivity index (χ4n) is 1.95. The highest BCUT2D eigenvalue weighted by Crippen LogP contribution is 2.21. The lowest BCUT2D eigenvalue weighted by Crippen LogP contribution is -2.13. The Hall–Kier alpha value is -2.77. The summed E-state index contributed by atoms with van der Waals surface area (Å²) in [5, 5.41) is 12.3. The molecule has 0 fully saturated rings. The number of carbonyl (C=O) groups is 1. The molecule has 2 aromatic carbocycles. The molecule has 0 saturated heterocycles. The molecule has 0 atom stereocenters. The maximum atomic E-state index is 12.2. The van der Waals surface area contributed by atoms with Crippen molar-refractivity contribution < 1.29 is 9.53 Å². The number of nitrogens with zero attached hydrogens (tertiary/aromatic N) is 1. The summed E-state index contributed by atoms with van der Waals surface area (Å²) in [5.41, 5.74) is 1.20. The van der Waals surface area contributed by atoms with Crippen molar-refractivity contribution in [3.05, 3.63) is 64.7 Å². The van der Waals surface area contributed by atoms with Gasteiger partial charge in [-0.1, -0.05) is 42.8 Å². The van der Waals surface area contributed by atoms with E-state index in [2.05, 4.69) is 5.32 Å². The van der Waals surface area contributed by atoms with Crippen molar-refractivity contribution >= 4 is 29.3 Å². The van der Waals surface area contributed by atoms with Gasteiger partial charge in [0.15, 0.2) is 0 Å². The van der Waals surface area contributed by atoms with Crippen LogP contribution in [-0.4, -0.2) is 12.5 Å². The number of rotatable bonds is 6. The average Bonchev–Trinajstić information content (AvgIpc) is 2.60. The lowest BCUT2D eigenvalue weighted by atomic mass is 10.1. The first-order valence-corrected chi connectivity index (χ1v) is 7.92. The van der Waals surface area contributed by atoms with Gasteiger partial charge in [-0.3, -0.25) is 4.79 Å². The summed E-state index contributed by atoms with van der Waals surface area (Å²) in [5.74, 6) is 0.255. The predicted octanol–water partition coefficient (Wildman–Crippen LogP) is 4.67. The van der Waals surface area contributed by atoms with Gasteiger partial charge in [-0.15, -0.1) is 0 Å². The fourth-order valence-corrected chi connectivity index (χ4v) is 2.13. The van der Waals surface area contributed by atoms with Gasteiger partial charge < -0.3 is 10.1 Å². The van der Waals surface area contributed by atoms with Gasteiger partial charge in [-0.2, -0.15) is 5.26 Å². The first kappa shape index (κ1) is 17.6. The van der Waals surface area contributed by atoms with Crippen molar-refractivity contribution in [1.29, 1.82) is 5.26 Å². The molecule has 0 radical (unpaired) electrons. The largest absolute Gasteiger partial charge is 0.494 e. The fraction of sp³-hybridized carbons (Fsp3) is 0.158. The molecule has 24 heavy (non-hydrogen) atoms. The van der Waals surface area contributed by atoms with Crippen LogP contribution in [-0.2, 0) is 4.79 Å². The van der Waals surface area contributed by atoms with E-state index in [1.165, 1.54) is 6.08 Å². The van der Waals surface area contributed by atoms with Crippen LogP contribution in [0.1, 0.15) is 18.9 Å². The van der Waals surface area contributed by atoms with Crippen LogP contribution in [0.2, 0.25) is 5.02 Å². The van der Waals surface area contributed by atoms with Crippen molar-refractivity contribution in [3.63, 3.8) is 0 Å². The Labute approximate surface area is 146 Å². The molecule has 122 valence electrons. The number of benzene rings is 2. The maximum Gasteiger partial charge on any atom is 0.266 e. The summed E-state index contributed by atoms with van der Waals surface area (Å²) in [4.78, 5) is 12.2. The van der Waals surface area contributed by atoms with Gasteiger partial charge in [0.25, 0.3) is 5.91 Å². The van der Waals surface area contributed by atoms with Crippen LogP contribution in [0.5, 0.6) is 5.75 Å². The van der Waals surface area contributed by atoms with Gasteiger partial charge >= 0.3 is 0 Å². The third kappa shape index (κ3) is 4.87. The normalized spacial score (nSPS) is 10.8. The zero-order valence-electron chi connectivity index (χ0n) is 13.3. The number of halogens is 1. The molecule has 4 nitrogen and oxygen atoms in total. The van der Waals surface area contributed by atoms with E-state index < -0.39 is 5.91 Å². The van der Waals surface area contributed by atoms with E-state index >= 15 is 0 Å². The quantitative estimate of drug-likeness (QED) is 0.613. The van der Waals surface area contributed by atoms with E-state index in [4.69, 9.17) is 16.3 Å². The third-order valence-corrected chi connectivity index (χ3v) is 3.48. The topological polar surface area (TPSA) is 62.1 Å². The van der Waals surface area contributed by atoms with Crippen LogP contribution in [0.15, 0.2) is 54.1 Å². The van der Waals surface area contributed by atoms with E-state index in [9.17, 15) is 10.1 Å². The molecule has 0 aliphatic heterocycles. The van der Waals surface area contributed by atoms with E-state index in [0.717, 1.165) is 17.7 Å². The number of hydrogen-bond acceptors (Lipinski definition) is 3. The summed E-state index contributed by atoms with van der Waals surface area (Å²) in [6.45, 7) is 2.69. The molecule has 5 heteroatoms. The molecule has 1 amide bonds. The molecule has 0 saturated carbocycles. The Morgan fingerprint density at radius 2 is 1.96 bits per heavy atom. The molecule has 1 N–H and O–H groups in total. The number of ether oxygens (including phenoxy) is 1. The highest BCUT2D eigenvalue weighted by Gasteiger charge is 2.11. The Kier molecular flexibility index (Phi) is 6.41. The lowest BCUT2D eigenvalue weighted by molar-refractivity contribution is -0.112. The van der Waals surface area contributed by atoms with Gasteiger partial charge in [-0.25, -0.2) is 0 Å². The highest BCUT2D eigenvalue weighted by atomic mass is 35.5. The smallest absolute Gasteiger partial charge is 0.266 e. The van der Waals surface area contributed by atoms with Gasteiger partial charge in [0.05, 0.1) is 17.3 Å². The second kappa shape index (κ2) is 8.76. The standard InChI is InChI=1S/C19H17ClN2O2/c1-2-11-24-16-9-7-14(8-10-16)12-15(13-21)19(23)22-18-6-4-3-5-17(18)20/h3-10,12H,2,11H2,1H3,(H,22,23)/b15-12-. The van der Waals surface area contributed by atoms with Crippen molar-refractivity contribution in [2.75, 3.05) is 11.9 Å². The predicted molar refractivity (Wildman–Crippen MR) is 95.9 cm³/mol. The number of nitrogens with one attached hydrogen (secondary N) is 1. The molecule has 2 aromatic rings. The van der Waals surface area contributed by atoms with Gasteiger partial charge in [0.2, 0.25) is 0 Å². The van der Waals surface area contributed by atoms with Crippen molar-refractivity contribution in [2.45, 2.75) is 13.3 Å². The number of nitriles is 1. The van der Waals surface area contributed by atoms with Crippen molar-refractivity contribution in [2.24, 2.45) is 0 Å². The van der Waals surface area contributed by atoms with Gasteiger partial charge in [-0.05, 0) is 42.3 Å². The SMILES string of the molecule is CCCOc1ccc(/C=C(/C#N)C(=O)Nc2ccccc2Cl)cc1. The number of para-hydroxylation sites is 1. The monoisotopic (exact) mass is 340 g/mol. The summed E-state index contributed by atoms with van der Waals surface area (Å²) < 4.78 is 5.50. The molecule has 0 aliphatic carbocycles. The molecule has 0 heterocycles. The Morgan fingerprint density at radius 3 is 2.58 bits per heavy atom. The molecule has 0 aliphatic rings. The van der Waals surface area contributed by atoms with E-state index in [-0.39, 0.29) is 5.57 Å². The zero-order chi connectivity index (χ0) is 17.4. The van der Waals surface area contributed by atoms with Crippen molar-refractivity contribution in [1.82, 2.24) is 0 Å². The van der Waals surface area contributed by atoms with Crippen LogP contribution in [0, 0.1) is 11.3 Å². The van der Waals surface area contributed by atoms with Crippen LogP contribution in [0.25, 0.3) is 6.08 Å². The third-order valence-electron chi connectivity index (χ3n) is 3.15. The minimum absolute atomic E-state index is 0.00264. The summed E-state index contributed by atoms with van der Waals surface area (Å²) in [7, 11) is 0. The first-order valence-electron chi connectivity index (χ1n) is 7.54. The minimum atomic E-state index is -0.503. The Balaban J connectivity index is 2.12. The summed E-state index contributed by atoms with van der Waals surface area (Å²) in [6, 6.07) is 16.0. The summed E-state index contributed by atoms with van der Waals surface area (Å²) >= 11 is 6.00. The highest BCUT2D eigenvalue weighted by molar-refractivity contribution is 6.34. The van der Waals surface area contributed by atoms with E-state index in [1.54, 1.807) is 36.4 Å². The second-order valence-corrected chi connectivity index (χ2v) is 5.43. The molecule has 2 rings (SSSR count). The number of carbonyl (C=O) groups excluding carboxylic acids is 1. The average molecular weight is 341 g/mol. The second-order valence-electron chi connectivity index (χ2n) is 5.02. The number of hydrogen-bond donors (Lipinski definition) is 1. The maximum absolute atomic E-state index is 12.2. The molecular weight excluding hydrogens is 324 g/mol. The Morgan fingerprint density at radius 1 is 1.25 bits per heavy atom. The zero-order valence-corrected chi connectivity index (χ0v) is 14.0. The van der Waals surface area contributed by atoms with E-state index in [1.807, 2.05) is 25.1 Å². The minimum Gasteiger partial charge on any atom is -0.494 e. The molecular formula is C19H17ClN2O2. The number of amides is 1.